The Morgan fingerprint density at radius 3 is 2.36 bits per heavy atom. The van der Waals surface area contributed by atoms with Crippen LogP contribution in [0.15, 0.2) is 48.5 Å². The first-order chi connectivity index (χ1) is 13.6. The summed E-state index contributed by atoms with van der Waals surface area (Å²) >= 11 is 0. The number of pyridine rings is 1. The number of para-hydroxylation sites is 1. The Labute approximate surface area is 165 Å². The fraction of sp³-hybridized carbons (Fsp3) is 0.304. The van der Waals surface area contributed by atoms with Gasteiger partial charge in [-0.2, -0.15) is 0 Å². The minimum absolute atomic E-state index is 0.280. The molecule has 0 saturated heterocycles. The van der Waals surface area contributed by atoms with Gasteiger partial charge in [0.05, 0.1) is 12.1 Å². The Balaban J connectivity index is 2.28. The van der Waals surface area contributed by atoms with E-state index in [4.69, 9.17) is 9.72 Å². The number of carbonyl (C=O) groups excluding carboxylic acids is 1. The first-order valence-corrected chi connectivity index (χ1v) is 9.67. The quantitative estimate of drug-likeness (QED) is 0.542. The Bertz CT molecular complexity index is 966. The maximum Gasteiger partial charge on any atom is 0.342 e. The standard InChI is InChI=1S/C23H25FN2O2/c1-4-26(5-2)22-21(23(27)28-6-3)19(15-16-11-13-17(24)14-12-16)18-9-7-8-10-20(18)25-22/h7-14H,4-6,15H2,1-3H3. The van der Waals surface area contributed by atoms with Gasteiger partial charge in [0.25, 0.3) is 0 Å². The summed E-state index contributed by atoms with van der Waals surface area (Å²) in [6, 6.07) is 14.2. The first kappa shape index (κ1) is 19.8. The van der Waals surface area contributed by atoms with Crippen LogP contribution >= 0.6 is 0 Å². The van der Waals surface area contributed by atoms with Gasteiger partial charge in [0.15, 0.2) is 0 Å². The molecular weight excluding hydrogens is 355 g/mol. The normalized spacial score (nSPS) is 10.9. The van der Waals surface area contributed by atoms with Crippen molar-refractivity contribution in [3.05, 3.63) is 71.0 Å². The summed E-state index contributed by atoms with van der Waals surface area (Å²) in [5.41, 5.74) is 3.11. The van der Waals surface area contributed by atoms with E-state index in [2.05, 4.69) is 4.90 Å². The molecule has 0 aliphatic rings. The van der Waals surface area contributed by atoms with Gasteiger partial charge in [0.1, 0.15) is 17.2 Å². The molecule has 28 heavy (non-hydrogen) atoms. The molecule has 0 bridgehead atoms. The third kappa shape index (κ3) is 3.98. The lowest BCUT2D eigenvalue weighted by atomic mass is 9.95. The average molecular weight is 380 g/mol. The van der Waals surface area contributed by atoms with E-state index in [9.17, 15) is 9.18 Å². The molecule has 0 spiro atoms. The molecule has 0 radical (unpaired) electrons. The second-order valence-corrected chi connectivity index (χ2v) is 6.50. The van der Waals surface area contributed by atoms with Crippen molar-refractivity contribution < 1.29 is 13.9 Å². The zero-order chi connectivity index (χ0) is 20.1. The molecule has 0 N–H and O–H groups in total. The zero-order valence-corrected chi connectivity index (χ0v) is 16.5. The van der Waals surface area contributed by atoms with Crippen molar-refractivity contribution in [3.63, 3.8) is 0 Å². The second-order valence-electron chi connectivity index (χ2n) is 6.50. The van der Waals surface area contributed by atoms with E-state index in [1.54, 1.807) is 19.1 Å². The van der Waals surface area contributed by atoms with Crippen LogP contribution in [0.2, 0.25) is 0 Å². The number of esters is 1. The Hall–Kier alpha value is -2.95. The maximum absolute atomic E-state index is 13.4. The predicted molar refractivity (Wildman–Crippen MR) is 110 cm³/mol. The second kappa shape index (κ2) is 8.83. The van der Waals surface area contributed by atoms with Crippen LogP contribution in [0.3, 0.4) is 0 Å². The van der Waals surface area contributed by atoms with Crippen LogP contribution in [0.25, 0.3) is 10.9 Å². The monoisotopic (exact) mass is 380 g/mol. The topological polar surface area (TPSA) is 42.4 Å². The average Bonchev–Trinajstić information content (AvgIpc) is 2.70. The molecule has 0 atom stereocenters. The number of carbonyl (C=O) groups is 1. The van der Waals surface area contributed by atoms with E-state index in [0.29, 0.717) is 24.4 Å². The van der Waals surface area contributed by atoms with E-state index in [0.717, 1.165) is 35.1 Å². The van der Waals surface area contributed by atoms with Crippen LogP contribution in [-0.4, -0.2) is 30.6 Å². The summed E-state index contributed by atoms with van der Waals surface area (Å²) < 4.78 is 18.7. The molecule has 0 amide bonds. The Morgan fingerprint density at radius 2 is 1.71 bits per heavy atom. The van der Waals surface area contributed by atoms with Crippen LogP contribution in [0.5, 0.6) is 0 Å². The molecule has 0 saturated carbocycles. The number of ether oxygens (including phenoxy) is 1. The molecule has 2 aromatic carbocycles. The van der Waals surface area contributed by atoms with Gasteiger partial charge < -0.3 is 9.64 Å². The molecule has 4 nitrogen and oxygen atoms in total. The third-order valence-corrected chi connectivity index (χ3v) is 4.82. The van der Waals surface area contributed by atoms with Crippen molar-refractivity contribution in [1.82, 2.24) is 4.98 Å². The minimum Gasteiger partial charge on any atom is -0.462 e. The van der Waals surface area contributed by atoms with Crippen LogP contribution in [0.4, 0.5) is 10.2 Å². The van der Waals surface area contributed by atoms with E-state index < -0.39 is 0 Å². The van der Waals surface area contributed by atoms with Crippen molar-refractivity contribution in [2.45, 2.75) is 27.2 Å². The van der Waals surface area contributed by atoms with Gasteiger partial charge in [-0.3, -0.25) is 0 Å². The highest BCUT2D eigenvalue weighted by Crippen LogP contribution is 2.31. The summed E-state index contributed by atoms with van der Waals surface area (Å²) in [5.74, 6) is -0.0168. The molecule has 0 aliphatic carbocycles. The van der Waals surface area contributed by atoms with E-state index >= 15 is 0 Å². The molecule has 0 aliphatic heterocycles. The zero-order valence-electron chi connectivity index (χ0n) is 16.5. The van der Waals surface area contributed by atoms with Crippen molar-refractivity contribution in [2.24, 2.45) is 0 Å². The maximum atomic E-state index is 13.4. The highest BCUT2D eigenvalue weighted by Gasteiger charge is 2.25. The van der Waals surface area contributed by atoms with Gasteiger partial charge in [-0.1, -0.05) is 30.3 Å². The Kier molecular flexibility index (Phi) is 6.24. The van der Waals surface area contributed by atoms with Gasteiger partial charge >= 0.3 is 5.97 Å². The van der Waals surface area contributed by atoms with Gasteiger partial charge in [0, 0.05) is 18.5 Å². The number of aromatic nitrogens is 1. The van der Waals surface area contributed by atoms with Crippen molar-refractivity contribution in [2.75, 3.05) is 24.6 Å². The number of nitrogens with zero attached hydrogens (tertiary/aromatic N) is 2. The summed E-state index contributed by atoms with van der Waals surface area (Å²) in [6.45, 7) is 7.61. The fourth-order valence-corrected chi connectivity index (χ4v) is 3.43. The number of anilines is 1. The first-order valence-electron chi connectivity index (χ1n) is 9.67. The van der Waals surface area contributed by atoms with E-state index in [1.807, 2.05) is 38.1 Å². The molecule has 3 rings (SSSR count). The van der Waals surface area contributed by atoms with Crippen molar-refractivity contribution in [3.8, 4) is 0 Å². The lowest BCUT2D eigenvalue weighted by Gasteiger charge is -2.25. The summed E-state index contributed by atoms with van der Waals surface area (Å²) in [7, 11) is 0. The molecule has 0 unspecified atom stereocenters. The van der Waals surface area contributed by atoms with E-state index in [1.165, 1.54) is 12.1 Å². The van der Waals surface area contributed by atoms with Gasteiger partial charge in [0.2, 0.25) is 0 Å². The summed E-state index contributed by atoms with van der Waals surface area (Å²) in [4.78, 5) is 19.8. The smallest absolute Gasteiger partial charge is 0.342 e. The van der Waals surface area contributed by atoms with Crippen molar-refractivity contribution >= 4 is 22.7 Å². The number of rotatable bonds is 7. The van der Waals surface area contributed by atoms with Gasteiger partial charge in [-0.25, -0.2) is 14.2 Å². The molecule has 0 fully saturated rings. The van der Waals surface area contributed by atoms with Crippen LogP contribution in [0.1, 0.15) is 42.3 Å². The number of benzene rings is 2. The van der Waals surface area contributed by atoms with Crippen LogP contribution in [-0.2, 0) is 11.2 Å². The van der Waals surface area contributed by atoms with E-state index in [-0.39, 0.29) is 11.8 Å². The Morgan fingerprint density at radius 1 is 1.04 bits per heavy atom. The van der Waals surface area contributed by atoms with Gasteiger partial charge in [-0.05, 0) is 56.5 Å². The number of halogens is 1. The van der Waals surface area contributed by atoms with Crippen LogP contribution < -0.4 is 4.90 Å². The number of fused-ring (bicyclic) bond motifs is 1. The molecule has 1 aromatic heterocycles. The largest absolute Gasteiger partial charge is 0.462 e. The lowest BCUT2D eigenvalue weighted by molar-refractivity contribution is 0.0526. The highest BCUT2D eigenvalue weighted by molar-refractivity contribution is 6.02. The minimum atomic E-state index is -0.375. The molecule has 146 valence electrons. The number of hydrogen-bond acceptors (Lipinski definition) is 4. The summed E-state index contributed by atoms with van der Waals surface area (Å²) in [5, 5.41) is 0.908. The highest BCUT2D eigenvalue weighted by atomic mass is 19.1. The number of hydrogen-bond donors (Lipinski definition) is 0. The predicted octanol–water partition coefficient (Wildman–Crippen LogP) is 4.99. The SMILES string of the molecule is CCOC(=O)c1c(N(CC)CC)nc2ccccc2c1Cc1ccc(F)cc1. The lowest BCUT2D eigenvalue weighted by Crippen LogP contribution is -2.27. The molecule has 1 heterocycles. The van der Waals surface area contributed by atoms with Crippen LogP contribution in [0, 0.1) is 5.82 Å². The van der Waals surface area contributed by atoms with Crippen molar-refractivity contribution in [1.29, 1.82) is 0 Å². The van der Waals surface area contributed by atoms with Gasteiger partial charge in [-0.15, -0.1) is 0 Å². The fourth-order valence-electron chi connectivity index (χ4n) is 3.43. The summed E-state index contributed by atoms with van der Waals surface area (Å²) in [6.07, 6.45) is 0.492. The molecule has 3 aromatic rings. The molecule has 5 heteroatoms. The third-order valence-electron chi connectivity index (χ3n) is 4.82. The molecular formula is C23H25FN2O2.